The summed E-state index contributed by atoms with van der Waals surface area (Å²) < 4.78 is 11.4. The second-order valence-corrected chi connectivity index (χ2v) is 7.99. The van der Waals surface area contributed by atoms with Crippen molar-refractivity contribution in [2.75, 3.05) is 6.61 Å². The number of Topliss-reactive ketones (excluding diaryl/α,β-unsaturated/α-hetero) is 1. The first-order valence-corrected chi connectivity index (χ1v) is 9.19. The van der Waals surface area contributed by atoms with Crippen molar-refractivity contribution in [3.05, 3.63) is 64.1 Å². The van der Waals surface area contributed by atoms with E-state index in [9.17, 15) is 9.59 Å². The van der Waals surface area contributed by atoms with Gasteiger partial charge < -0.3 is 9.47 Å². The molecule has 26 heavy (non-hydrogen) atoms. The summed E-state index contributed by atoms with van der Waals surface area (Å²) in [4.78, 5) is 24.4. The Morgan fingerprint density at radius 1 is 1.08 bits per heavy atom. The van der Waals surface area contributed by atoms with Crippen molar-refractivity contribution in [3.8, 4) is 5.75 Å². The first kappa shape index (κ1) is 20.2. The SMILES string of the molecule is C[C@@H](OC(=O)COc1cccc(Br)c1)C(=O)c1ccc(C(C)(C)C)cc1. The second kappa shape index (κ2) is 8.49. The van der Waals surface area contributed by atoms with E-state index in [-0.39, 0.29) is 17.8 Å². The maximum atomic E-state index is 12.4. The van der Waals surface area contributed by atoms with Crippen LogP contribution in [0.4, 0.5) is 0 Å². The number of carbonyl (C=O) groups is 2. The lowest BCUT2D eigenvalue weighted by molar-refractivity contribution is -0.148. The van der Waals surface area contributed by atoms with Gasteiger partial charge in [-0.2, -0.15) is 0 Å². The van der Waals surface area contributed by atoms with Gasteiger partial charge in [0.15, 0.2) is 12.7 Å². The van der Waals surface area contributed by atoms with E-state index in [4.69, 9.17) is 9.47 Å². The Morgan fingerprint density at radius 3 is 2.31 bits per heavy atom. The molecule has 0 aliphatic carbocycles. The Labute approximate surface area is 162 Å². The van der Waals surface area contributed by atoms with E-state index < -0.39 is 12.1 Å². The lowest BCUT2D eigenvalue weighted by atomic mass is 9.86. The van der Waals surface area contributed by atoms with Crippen LogP contribution in [0.15, 0.2) is 53.0 Å². The van der Waals surface area contributed by atoms with Gasteiger partial charge in [0, 0.05) is 10.0 Å². The molecule has 4 nitrogen and oxygen atoms in total. The molecule has 0 saturated carbocycles. The summed E-state index contributed by atoms with van der Waals surface area (Å²) in [6.07, 6.45) is -0.867. The number of ether oxygens (including phenoxy) is 2. The minimum Gasteiger partial charge on any atom is -0.482 e. The summed E-state index contributed by atoms with van der Waals surface area (Å²) in [5.41, 5.74) is 1.68. The van der Waals surface area contributed by atoms with Crippen molar-refractivity contribution in [2.45, 2.75) is 39.2 Å². The molecule has 0 fully saturated rings. The van der Waals surface area contributed by atoms with Gasteiger partial charge in [0.2, 0.25) is 5.78 Å². The zero-order chi connectivity index (χ0) is 19.3. The number of rotatable bonds is 6. The third kappa shape index (κ3) is 5.70. The van der Waals surface area contributed by atoms with Crippen molar-refractivity contribution in [2.24, 2.45) is 0 Å². The number of halogens is 1. The van der Waals surface area contributed by atoms with Crippen LogP contribution in [0.25, 0.3) is 0 Å². The van der Waals surface area contributed by atoms with Crippen molar-refractivity contribution in [1.29, 1.82) is 0 Å². The quantitative estimate of drug-likeness (QED) is 0.492. The summed E-state index contributed by atoms with van der Waals surface area (Å²) in [7, 11) is 0. The highest BCUT2D eigenvalue weighted by molar-refractivity contribution is 9.10. The predicted molar refractivity (Wildman–Crippen MR) is 105 cm³/mol. The fourth-order valence-corrected chi connectivity index (χ4v) is 2.73. The Hall–Kier alpha value is -2.14. The molecule has 0 aromatic heterocycles. The van der Waals surface area contributed by atoms with Crippen LogP contribution in [0.1, 0.15) is 43.6 Å². The second-order valence-electron chi connectivity index (χ2n) is 7.07. The summed E-state index contributed by atoms with van der Waals surface area (Å²) in [6.45, 7) is 7.65. The Morgan fingerprint density at radius 2 is 1.73 bits per heavy atom. The fraction of sp³-hybridized carbons (Fsp3) is 0.333. The van der Waals surface area contributed by atoms with Gasteiger partial charge in [-0.15, -0.1) is 0 Å². The summed E-state index contributed by atoms with van der Waals surface area (Å²) in [5.74, 6) is -0.272. The maximum absolute atomic E-state index is 12.4. The van der Waals surface area contributed by atoms with Gasteiger partial charge >= 0.3 is 5.97 Å². The van der Waals surface area contributed by atoms with Crippen molar-refractivity contribution in [1.82, 2.24) is 0 Å². The molecular formula is C21H23BrO4. The lowest BCUT2D eigenvalue weighted by Crippen LogP contribution is -2.27. The lowest BCUT2D eigenvalue weighted by Gasteiger charge is -2.19. The number of benzene rings is 2. The van der Waals surface area contributed by atoms with E-state index in [0.29, 0.717) is 11.3 Å². The number of hydrogen-bond acceptors (Lipinski definition) is 4. The van der Waals surface area contributed by atoms with Crippen LogP contribution in [-0.2, 0) is 14.9 Å². The topological polar surface area (TPSA) is 52.6 Å². The van der Waals surface area contributed by atoms with E-state index >= 15 is 0 Å². The average Bonchev–Trinajstić information content (AvgIpc) is 2.58. The monoisotopic (exact) mass is 418 g/mol. The van der Waals surface area contributed by atoms with Crippen LogP contribution >= 0.6 is 15.9 Å². The summed E-state index contributed by atoms with van der Waals surface area (Å²) >= 11 is 3.33. The molecule has 138 valence electrons. The molecule has 0 radical (unpaired) electrons. The molecule has 2 aromatic rings. The largest absolute Gasteiger partial charge is 0.482 e. The van der Waals surface area contributed by atoms with Gasteiger partial charge in [-0.3, -0.25) is 4.79 Å². The van der Waals surface area contributed by atoms with Crippen LogP contribution in [0.5, 0.6) is 5.75 Å². The van der Waals surface area contributed by atoms with E-state index in [2.05, 4.69) is 36.7 Å². The molecular weight excluding hydrogens is 396 g/mol. The van der Waals surface area contributed by atoms with Crippen molar-refractivity contribution in [3.63, 3.8) is 0 Å². The standard InChI is InChI=1S/C21H23BrO4/c1-14(20(24)15-8-10-16(11-9-15)21(2,3)4)26-19(23)13-25-18-7-5-6-17(22)12-18/h5-12,14H,13H2,1-4H3/t14-/m1/s1. The van der Waals surface area contributed by atoms with Crippen molar-refractivity contribution < 1.29 is 19.1 Å². The molecule has 0 spiro atoms. The molecule has 0 heterocycles. The van der Waals surface area contributed by atoms with E-state index in [1.807, 2.05) is 18.2 Å². The summed E-state index contributed by atoms with van der Waals surface area (Å²) in [5, 5.41) is 0. The van der Waals surface area contributed by atoms with E-state index in [1.54, 1.807) is 37.3 Å². The van der Waals surface area contributed by atoms with Crippen LogP contribution in [0.3, 0.4) is 0 Å². The van der Waals surface area contributed by atoms with Crippen LogP contribution < -0.4 is 4.74 Å². The number of carbonyl (C=O) groups excluding carboxylic acids is 2. The van der Waals surface area contributed by atoms with Crippen LogP contribution in [0.2, 0.25) is 0 Å². The molecule has 0 saturated heterocycles. The Kier molecular flexibility index (Phi) is 6.59. The van der Waals surface area contributed by atoms with Gasteiger partial charge in [0.05, 0.1) is 0 Å². The highest BCUT2D eigenvalue weighted by Crippen LogP contribution is 2.23. The van der Waals surface area contributed by atoms with Gasteiger partial charge in [0.25, 0.3) is 0 Å². The zero-order valence-corrected chi connectivity index (χ0v) is 17.0. The molecule has 0 N–H and O–H groups in total. The van der Waals surface area contributed by atoms with Crippen LogP contribution in [-0.4, -0.2) is 24.5 Å². The number of hydrogen-bond donors (Lipinski definition) is 0. The maximum Gasteiger partial charge on any atom is 0.344 e. The molecule has 0 aliphatic heterocycles. The third-order valence-corrected chi connectivity index (χ3v) is 4.36. The third-order valence-electron chi connectivity index (χ3n) is 3.87. The fourth-order valence-electron chi connectivity index (χ4n) is 2.35. The van der Waals surface area contributed by atoms with Gasteiger partial charge in [0.1, 0.15) is 5.75 Å². The van der Waals surface area contributed by atoms with Crippen LogP contribution in [0, 0.1) is 0 Å². The first-order valence-electron chi connectivity index (χ1n) is 8.39. The minimum absolute atomic E-state index is 0.0173. The Bertz CT molecular complexity index is 775. The van der Waals surface area contributed by atoms with Gasteiger partial charge in [-0.1, -0.05) is 67.0 Å². The molecule has 1 atom stereocenters. The Balaban J connectivity index is 1.90. The molecule has 5 heteroatoms. The summed E-state index contributed by atoms with van der Waals surface area (Å²) in [6, 6.07) is 14.5. The zero-order valence-electron chi connectivity index (χ0n) is 15.4. The molecule has 0 unspecified atom stereocenters. The number of esters is 1. The highest BCUT2D eigenvalue weighted by atomic mass is 79.9. The van der Waals surface area contributed by atoms with E-state index in [1.165, 1.54) is 0 Å². The van der Waals surface area contributed by atoms with Gasteiger partial charge in [-0.05, 0) is 36.1 Å². The highest BCUT2D eigenvalue weighted by Gasteiger charge is 2.21. The molecule has 0 aliphatic rings. The smallest absolute Gasteiger partial charge is 0.344 e. The molecule has 0 bridgehead atoms. The van der Waals surface area contributed by atoms with E-state index in [0.717, 1.165) is 10.0 Å². The first-order chi connectivity index (χ1) is 12.2. The molecule has 0 amide bonds. The normalized spacial score (nSPS) is 12.3. The minimum atomic E-state index is -0.867. The predicted octanol–water partition coefficient (Wildman–Crippen LogP) is 4.94. The van der Waals surface area contributed by atoms with Gasteiger partial charge in [-0.25, -0.2) is 4.79 Å². The number of ketones is 1. The van der Waals surface area contributed by atoms with Crippen molar-refractivity contribution >= 4 is 27.7 Å². The molecule has 2 aromatic carbocycles. The molecule has 2 rings (SSSR count). The average molecular weight is 419 g/mol.